The molecule has 0 atom stereocenters. The first-order chi connectivity index (χ1) is 8.20. The van der Waals surface area contributed by atoms with Crippen LogP contribution in [-0.4, -0.2) is 17.6 Å². The van der Waals surface area contributed by atoms with Gasteiger partial charge in [-0.15, -0.1) is 0 Å². The maximum atomic E-state index is 6.12. The molecular formula is C14H18N2O. The third-order valence-electron chi connectivity index (χ3n) is 3.76. The van der Waals surface area contributed by atoms with Gasteiger partial charge in [-0.25, -0.2) is 0 Å². The molecule has 3 heteroatoms. The van der Waals surface area contributed by atoms with Crippen molar-refractivity contribution in [3.8, 4) is 5.75 Å². The monoisotopic (exact) mass is 230 g/mol. The van der Waals surface area contributed by atoms with E-state index in [1.165, 1.54) is 23.8 Å². The first-order valence-corrected chi connectivity index (χ1v) is 6.13. The third kappa shape index (κ3) is 2.03. The molecule has 1 aliphatic carbocycles. The Labute approximate surface area is 101 Å². The molecule has 0 radical (unpaired) electrons. The summed E-state index contributed by atoms with van der Waals surface area (Å²) in [5.41, 5.74) is 8.76. The highest BCUT2D eigenvalue weighted by Crippen LogP contribution is 2.37. The Bertz CT molecular complexity index is 540. The maximum Gasteiger partial charge on any atom is 0.120 e. The molecule has 1 saturated carbocycles. The van der Waals surface area contributed by atoms with Gasteiger partial charge in [0.05, 0.1) is 7.11 Å². The van der Waals surface area contributed by atoms with E-state index in [1.54, 1.807) is 7.11 Å². The molecule has 17 heavy (non-hydrogen) atoms. The molecule has 90 valence electrons. The highest BCUT2D eigenvalue weighted by molar-refractivity contribution is 5.84. The number of H-pyrrole nitrogens is 1. The average Bonchev–Trinajstić information content (AvgIpc) is 2.95. The van der Waals surface area contributed by atoms with Crippen LogP contribution in [0.25, 0.3) is 10.9 Å². The SMILES string of the molecule is COc1ccc2c(CCC3(N)CC3)c[nH]c2c1. The van der Waals surface area contributed by atoms with Gasteiger partial charge in [0.25, 0.3) is 0 Å². The van der Waals surface area contributed by atoms with Crippen molar-refractivity contribution in [1.29, 1.82) is 0 Å². The van der Waals surface area contributed by atoms with Crippen molar-refractivity contribution >= 4 is 10.9 Å². The Morgan fingerprint density at radius 3 is 2.94 bits per heavy atom. The fraction of sp³-hybridized carbons (Fsp3) is 0.429. The van der Waals surface area contributed by atoms with Gasteiger partial charge in [0, 0.05) is 28.7 Å². The van der Waals surface area contributed by atoms with Gasteiger partial charge in [-0.1, -0.05) is 0 Å². The van der Waals surface area contributed by atoms with Gasteiger partial charge in [0.15, 0.2) is 0 Å². The van der Waals surface area contributed by atoms with Gasteiger partial charge in [0.2, 0.25) is 0 Å². The Hall–Kier alpha value is -1.48. The highest BCUT2D eigenvalue weighted by Gasteiger charge is 2.37. The number of aryl methyl sites for hydroxylation is 1. The Morgan fingerprint density at radius 1 is 1.41 bits per heavy atom. The summed E-state index contributed by atoms with van der Waals surface area (Å²) in [6.45, 7) is 0. The largest absolute Gasteiger partial charge is 0.497 e. The van der Waals surface area contributed by atoms with Gasteiger partial charge in [-0.05, 0) is 43.4 Å². The number of nitrogens with one attached hydrogen (secondary N) is 1. The van der Waals surface area contributed by atoms with Crippen LogP contribution in [0.3, 0.4) is 0 Å². The van der Waals surface area contributed by atoms with E-state index in [2.05, 4.69) is 17.2 Å². The molecule has 0 saturated heterocycles. The van der Waals surface area contributed by atoms with Crippen molar-refractivity contribution < 1.29 is 4.74 Å². The summed E-state index contributed by atoms with van der Waals surface area (Å²) in [6.07, 6.45) is 6.61. The number of rotatable bonds is 4. The zero-order valence-corrected chi connectivity index (χ0v) is 10.1. The summed E-state index contributed by atoms with van der Waals surface area (Å²) in [4.78, 5) is 3.30. The molecule has 1 aromatic carbocycles. The Kier molecular flexibility index (Phi) is 2.37. The van der Waals surface area contributed by atoms with Gasteiger partial charge in [-0.2, -0.15) is 0 Å². The fourth-order valence-corrected chi connectivity index (χ4v) is 2.29. The molecule has 1 heterocycles. The predicted molar refractivity (Wildman–Crippen MR) is 69.3 cm³/mol. The number of aromatic amines is 1. The van der Waals surface area contributed by atoms with Crippen LogP contribution in [0, 0.1) is 0 Å². The number of hydrogen-bond donors (Lipinski definition) is 2. The van der Waals surface area contributed by atoms with Crippen molar-refractivity contribution in [3.05, 3.63) is 30.0 Å². The Balaban J connectivity index is 1.84. The highest BCUT2D eigenvalue weighted by atomic mass is 16.5. The minimum atomic E-state index is 0.135. The van der Waals surface area contributed by atoms with Gasteiger partial charge in [-0.3, -0.25) is 0 Å². The fourth-order valence-electron chi connectivity index (χ4n) is 2.29. The van der Waals surface area contributed by atoms with E-state index in [0.29, 0.717) is 0 Å². The molecule has 2 aromatic rings. The van der Waals surface area contributed by atoms with Crippen molar-refractivity contribution in [2.24, 2.45) is 5.73 Å². The van der Waals surface area contributed by atoms with Gasteiger partial charge in [0.1, 0.15) is 5.75 Å². The molecule has 1 aromatic heterocycles. The van der Waals surface area contributed by atoms with E-state index in [-0.39, 0.29) is 5.54 Å². The lowest BCUT2D eigenvalue weighted by Gasteiger charge is -2.07. The average molecular weight is 230 g/mol. The summed E-state index contributed by atoms with van der Waals surface area (Å²) in [5.74, 6) is 0.892. The summed E-state index contributed by atoms with van der Waals surface area (Å²) in [5, 5.41) is 1.29. The second-order valence-electron chi connectivity index (χ2n) is 5.09. The van der Waals surface area contributed by atoms with Crippen molar-refractivity contribution in [2.75, 3.05) is 7.11 Å². The van der Waals surface area contributed by atoms with Crippen LogP contribution >= 0.6 is 0 Å². The molecule has 1 fully saturated rings. The molecule has 0 aliphatic heterocycles. The first-order valence-electron chi connectivity index (χ1n) is 6.13. The summed E-state index contributed by atoms with van der Waals surface area (Å²) in [7, 11) is 1.69. The van der Waals surface area contributed by atoms with Crippen LogP contribution in [0.1, 0.15) is 24.8 Å². The number of nitrogens with two attached hydrogens (primary N) is 1. The minimum absolute atomic E-state index is 0.135. The molecular weight excluding hydrogens is 212 g/mol. The number of benzene rings is 1. The van der Waals surface area contributed by atoms with Crippen molar-refractivity contribution in [1.82, 2.24) is 4.98 Å². The zero-order chi connectivity index (χ0) is 11.9. The summed E-state index contributed by atoms with van der Waals surface area (Å²) < 4.78 is 5.22. The van der Waals surface area contributed by atoms with Crippen LogP contribution < -0.4 is 10.5 Å². The Morgan fingerprint density at radius 2 is 2.24 bits per heavy atom. The first kappa shape index (κ1) is 10.7. The maximum absolute atomic E-state index is 6.12. The lowest BCUT2D eigenvalue weighted by molar-refractivity contribution is 0.415. The van der Waals surface area contributed by atoms with Crippen LogP contribution in [0.5, 0.6) is 5.75 Å². The quantitative estimate of drug-likeness (QED) is 0.848. The van der Waals surface area contributed by atoms with E-state index in [4.69, 9.17) is 10.5 Å². The van der Waals surface area contributed by atoms with E-state index in [1.807, 2.05) is 12.1 Å². The molecule has 0 bridgehead atoms. The number of methoxy groups -OCH3 is 1. The summed E-state index contributed by atoms with van der Waals surface area (Å²) >= 11 is 0. The predicted octanol–water partition coefficient (Wildman–Crippen LogP) is 2.60. The molecule has 0 amide bonds. The van der Waals surface area contributed by atoms with E-state index < -0.39 is 0 Å². The normalized spacial score (nSPS) is 17.3. The number of aromatic nitrogens is 1. The smallest absolute Gasteiger partial charge is 0.120 e. The molecule has 0 spiro atoms. The van der Waals surface area contributed by atoms with Crippen LogP contribution in [-0.2, 0) is 6.42 Å². The third-order valence-corrected chi connectivity index (χ3v) is 3.76. The number of ether oxygens (including phenoxy) is 1. The molecule has 1 aliphatic rings. The molecule has 3 N–H and O–H groups in total. The van der Waals surface area contributed by atoms with E-state index in [0.717, 1.165) is 24.1 Å². The standard InChI is InChI=1S/C14H18N2O/c1-17-11-2-3-12-10(9-16-13(12)8-11)4-5-14(15)6-7-14/h2-3,8-9,16H,4-7,15H2,1H3. The van der Waals surface area contributed by atoms with Crippen molar-refractivity contribution in [2.45, 2.75) is 31.2 Å². The van der Waals surface area contributed by atoms with Gasteiger partial charge < -0.3 is 15.5 Å². The molecule has 0 unspecified atom stereocenters. The van der Waals surface area contributed by atoms with E-state index in [9.17, 15) is 0 Å². The molecule has 3 nitrogen and oxygen atoms in total. The topological polar surface area (TPSA) is 51.0 Å². The number of hydrogen-bond acceptors (Lipinski definition) is 2. The second-order valence-corrected chi connectivity index (χ2v) is 5.09. The van der Waals surface area contributed by atoms with Gasteiger partial charge >= 0.3 is 0 Å². The minimum Gasteiger partial charge on any atom is -0.497 e. The zero-order valence-electron chi connectivity index (χ0n) is 10.1. The second kappa shape index (κ2) is 3.77. The van der Waals surface area contributed by atoms with Crippen LogP contribution in [0.2, 0.25) is 0 Å². The van der Waals surface area contributed by atoms with Crippen molar-refractivity contribution in [3.63, 3.8) is 0 Å². The van der Waals surface area contributed by atoms with Crippen LogP contribution in [0.15, 0.2) is 24.4 Å². The lowest BCUT2D eigenvalue weighted by Crippen LogP contribution is -2.21. The van der Waals surface area contributed by atoms with E-state index >= 15 is 0 Å². The number of fused-ring (bicyclic) bond motifs is 1. The molecule has 3 rings (SSSR count). The lowest BCUT2D eigenvalue weighted by atomic mass is 10.0. The van der Waals surface area contributed by atoms with Crippen LogP contribution in [0.4, 0.5) is 0 Å². The summed E-state index contributed by atoms with van der Waals surface area (Å²) in [6, 6.07) is 6.17.